The summed E-state index contributed by atoms with van der Waals surface area (Å²) in [6.45, 7) is 5.53. The van der Waals surface area contributed by atoms with E-state index in [0.717, 1.165) is 42.8 Å². The second kappa shape index (κ2) is 7.57. The molecule has 1 saturated heterocycles. The zero-order valence-electron chi connectivity index (χ0n) is 14.2. The van der Waals surface area contributed by atoms with Gasteiger partial charge in [-0.05, 0) is 38.3 Å². The maximum Gasteiger partial charge on any atom is 0.224 e. The first-order valence-corrected chi connectivity index (χ1v) is 8.50. The molecule has 6 heteroatoms. The molecular formula is C18H24N4O2. The summed E-state index contributed by atoms with van der Waals surface area (Å²) >= 11 is 0. The third kappa shape index (κ3) is 4.00. The van der Waals surface area contributed by atoms with Crippen molar-refractivity contribution in [3.8, 4) is 0 Å². The van der Waals surface area contributed by atoms with Crippen molar-refractivity contribution in [2.45, 2.75) is 51.8 Å². The van der Waals surface area contributed by atoms with Gasteiger partial charge < -0.3 is 10.1 Å². The number of amides is 1. The van der Waals surface area contributed by atoms with Crippen molar-refractivity contribution in [1.82, 2.24) is 20.1 Å². The predicted molar refractivity (Wildman–Crippen MR) is 90.4 cm³/mol. The number of nitrogens with zero attached hydrogens (tertiary/aromatic N) is 3. The second-order valence-electron chi connectivity index (χ2n) is 6.22. The first-order chi connectivity index (χ1) is 11.7. The van der Waals surface area contributed by atoms with Crippen molar-refractivity contribution in [3.63, 3.8) is 0 Å². The number of nitrogens with one attached hydrogen (secondary N) is 1. The summed E-state index contributed by atoms with van der Waals surface area (Å²) in [5.74, 6) is 0.00374. The van der Waals surface area contributed by atoms with Crippen LogP contribution in [-0.4, -0.2) is 33.3 Å². The average molecular weight is 328 g/mol. The summed E-state index contributed by atoms with van der Waals surface area (Å²) in [5.41, 5.74) is 2.90. The van der Waals surface area contributed by atoms with Gasteiger partial charge in [0, 0.05) is 36.8 Å². The van der Waals surface area contributed by atoms with Crippen molar-refractivity contribution in [2.24, 2.45) is 0 Å². The van der Waals surface area contributed by atoms with Gasteiger partial charge in [0.1, 0.15) is 6.10 Å². The monoisotopic (exact) mass is 328 g/mol. The third-order valence-corrected chi connectivity index (χ3v) is 4.31. The summed E-state index contributed by atoms with van der Waals surface area (Å²) in [5, 5.41) is 7.44. The molecule has 0 unspecified atom stereocenters. The van der Waals surface area contributed by atoms with E-state index in [4.69, 9.17) is 4.74 Å². The molecule has 0 saturated carbocycles. The van der Waals surface area contributed by atoms with Crippen LogP contribution in [0, 0.1) is 6.92 Å². The van der Waals surface area contributed by atoms with E-state index in [1.165, 1.54) is 0 Å². The van der Waals surface area contributed by atoms with Gasteiger partial charge in [-0.3, -0.25) is 14.5 Å². The van der Waals surface area contributed by atoms with Crippen LogP contribution in [0.15, 0.2) is 30.7 Å². The zero-order chi connectivity index (χ0) is 16.9. The fraction of sp³-hybridized carbons (Fsp3) is 0.500. The summed E-state index contributed by atoms with van der Waals surface area (Å²) in [6.07, 6.45) is 7.68. The summed E-state index contributed by atoms with van der Waals surface area (Å²) in [7, 11) is 0. The number of hydrogen-bond donors (Lipinski definition) is 1. The minimum atomic E-state index is -0.126. The van der Waals surface area contributed by atoms with Gasteiger partial charge in [0.05, 0.1) is 18.7 Å². The van der Waals surface area contributed by atoms with E-state index >= 15 is 0 Å². The smallest absolute Gasteiger partial charge is 0.224 e. The van der Waals surface area contributed by atoms with E-state index in [1.54, 1.807) is 6.20 Å². The SMILES string of the molecule is CCn1cc([C@H]2OCCC[C@@H]2NC(=O)Cc2ccc(C)nc2)cn1. The van der Waals surface area contributed by atoms with Crippen LogP contribution in [0.4, 0.5) is 0 Å². The van der Waals surface area contributed by atoms with Gasteiger partial charge in [0.2, 0.25) is 5.91 Å². The topological polar surface area (TPSA) is 69.0 Å². The van der Waals surface area contributed by atoms with E-state index in [1.807, 2.05) is 43.1 Å². The maximum absolute atomic E-state index is 12.4. The Morgan fingerprint density at radius 1 is 1.42 bits per heavy atom. The number of rotatable bonds is 5. The highest BCUT2D eigenvalue weighted by Gasteiger charge is 2.29. The summed E-state index contributed by atoms with van der Waals surface area (Å²) < 4.78 is 7.80. The van der Waals surface area contributed by atoms with Crippen LogP contribution in [0.1, 0.15) is 42.7 Å². The van der Waals surface area contributed by atoms with Gasteiger partial charge in [-0.25, -0.2) is 0 Å². The Bertz CT molecular complexity index is 681. The highest BCUT2D eigenvalue weighted by molar-refractivity contribution is 5.78. The van der Waals surface area contributed by atoms with Gasteiger partial charge in [0.25, 0.3) is 0 Å². The molecule has 0 spiro atoms. The Morgan fingerprint density at radius 3 is 3.00 bits per heavy atom. The molecule has 2 atom stereocenters. The molecule has 3 heterocycles. The lowest BCUT2D eigenvalue weighted by Crippen LogP contribution is -2.43. The average Bonchev–Trinajstić information content (AvgIpc) is 3.06. The molecule has 1 aliphatic rings. The third-order valence-electron chi connectivity index (χ3n) is 4.31. The molecule has 1 aliphatic heterocycles. The summed E-state index contributed by atoms with van der Waals surface area (Å²) in [4.78, 5) is 16.6. The van der Waals surface area contributed by atoms with Gasteiger partial charge >= 0.3 is 0 Å². The van der Waals surface area contributed by atoms with Crippen molar-refractivity contribution in [1.29, 1.82) is 0 Å². The van der Waals surface area contributed by atoms with Crippen LogP contribution < -0.4 is 5.32 Å². The minimum Gasteiger partial charge on any atom is -0.371 e. The number of carbonyl (C=O) groups is 1. The molecule has 1 fully saturated rings. The normalized spacial score (nSPS) is 20.8. The lowest BCUT2D eigenvalue weighted by molar-refractivity contribution is -0.123. The molecule has 128 valence electrons. The Balaban J connectivity index is 1.64. The molecule has 1 amide bonds. The van der Waals surface area contributed by atoms with E-state index in [2.05, 4.69) is 15.4 Å². The first-order valence-electron chi connectivity index (χ1n) is 8.50. The number of hydrogen-bond acceptors (Lipinski definition) is 4. The van der Waals surface area contributed by atoms with Crippen molar-refractivity contribution < 1.29 is 9.53 Å². The Morgan fingerprint density at radius 2 is 2.29 bits per heavy atom. The van der Waals surface area contributed by atoms with Gasteiger partial charge in [-0.2, -0.15) is 5.10 Å². The number of carbonyl (C=O) groups excluding carboxylic acids is 1. The second-order valence-corrected chi connectivity index (χ2v) is 6.22. The number of aromatic nitrogens is 3. The van der Waals surface area contributed by atoms with E-state index < -0.39 is 0 Å². The van der Waals surface area contributed by atoms with E-state index in [0.29, 0.717) is 6.42 Å². The van der Waals surface area contributed by atoms with Crippen LogP contribution in [0.2, 0.25) is 0 Å². The minimum absolute atomic E-state index is 0.00374. The lowest BCUT2D eigenvalue weighted by atomic mass is 9.98. The lowest BCUT2D eigenvalue weighted by Gasteiger charge is -2.31. The van der Waals surface area contributed by atoms with E-state index in [-0.39, 0.29) is 18.1 Å². The highest BCUT2D eigenvalue weighted by Crippen LogP contribution is 2.28. The molecular weight excluding hydrogens is 304 g/mol. The molecule has 2 aromatic rings. The van der Waals surface area contributed by atoms with Gasteiger partial charge in [-0.1, -0.05) is 6.07 Å². The van der Waals surface area contributed by atoms with Crippen LogP contribution >= 0.6 is 0 Å². The van der Waals surface area contributed by atoms with Gasteiger partial charge in [0.15, 0.2) is 0 Å². The quantitative estimate of drug-likeness (QED) is 0.913. The maximum atomic E-state index is 12.4. The number of ether oxygens (including phenoxy) is 1. The highest BCUT2D eigenvalue weighted by atomic mass is 16.5. The van der Waals surface area contributed by atoms with Crippen LogP contribution in [-0.2, 0) is 22.5 Å². The molecule has 1 N–H and O–H groups in total. The Hall–Kier alpha value is -2.21. The number of pyridine rings is 1. The zero-order valence-corrected chi connectivity index (χ0v) is 14.2. The molecule has 0 radical (unpaired) electrons. The number of aryl methyl sites for hydroxylation is 2. The van der Waals surface area contributed by atoms with Crippen LogP contribution in [0.25, 0.3) is 0 Å². The Labute approximate surface area is 142 Å². The van der Waals surface area contributed by atoms with Crippen LogP contribution in [0.5, 0.6) is 0 Å². The van der Waals surface area contributed by atoms with Gasteiger partial charge in [-0.15, -0.1) is 0 Å². The van der Waals surface area contributed by atoms with E-state index in [9.17, 15) is 4.79 Å². The molecule has 6 nitrogen and oxygen atoms in total. The molecule has 2 aromatic heterocycles. The summed E-state index contributed by atoms with van der Waals surface area (Å²) in [6, 6.07) is 3.86. The largest absolute Gasteiger partial charge is 0.371 e. The molecule has 0 aromatic carbocycles. The standard InChI is InChI=1S/C18H24N4O2/c1-3-22-12-15(11-20-22)18-16(5-4-8-24-18)21-17(23)9-14-7-6-13(2)19-10-14/h6-7,10-12,16,18H,3-5,8-9H2,1-2H3,(H,21,23)/t16-,18+/m0/s1. The fourth-order valence-electron chi connectivity index (χ4n) is 3.00. The van der Waals surface area contributed by atoms with Crippen LogP contribution in [0.3, 0.4) is 0 Å². The fourth-order valence-corrected chi connectivity index (χ4v) is 3.00. The molecule has 24 heavy (non-hydrogen) atoms. The van der Waals surface area contributed by atoms with Crippen molar-refractivity contribution in [2.75, 3.05) is 6.61 Å². The molecule has 0 bridgehead atoms. The molecule has 0 aliphatic carbocycles. The molecule has 3 rings (SSSR count). The Kier molecular flexibility index (Phi) is 5.25. The first kappa shape index (κ1) is 16.6. The van der Waals surface area contributed by atoms with Crippen molar-refractivity contribution in [3.05, 3.63) is 47.5 Å². The van der Waals surface area contributed by atoms with Crippen molar-refractivity contribution >= 4 is 5.91 Å². The predicted octanol–water partition coefficient (Wildman–Crippen LogP) is 2.19.